The Bertz CT molecular complexity index is 1070. The van der Waals surface area contributed by atoms with Crippen LogP contribution < -0.4 is 9.62 Å². The van der Waals surface area contributed by atoms with Crippen molar-refractivity contribution < 1.29 is 18.1 Å². The lowest BCUT2D eigenvalue weighted by atomic mass is 9.86. The first-order chi connectivity index (χ1) is 14.2. The fourth-order valence-electron chi connectivity index (χ4n) is 3.23. The predicted molar refractivity (Wildman–Crippen MR) is 122 cm³/mol. The largest absolute Gasteiger partial charge is 0.348 e. The molecule has 0 aromatic heterocycles. The van der Waals surface area contributed by atoms with Gasteiger partial charge in [-0.3, -0.25) is 19.2 Å². The highest BCUT2D eigenvalue weighted by Crippen LogP contribution is 2.30. The van der Waals surface area contributed by atoms with Crippen LogP contribution in [0.25, 0.3) is 0 Å². The number of nitrogens with zero attached hydrogens (tertiary/aromatic N) is 2. The standard InChI is InChI=1S/C22H29N3O5S/c1-15-19(8-7-9-20(15)25(27)28)24(31(6,29)30)14-21(26)23-16(2)17-10-12-18(13-11-17)22(3,4)5/h7-13,16H,14H2,1-6H3,(H,23,26). The molecule has 0 radical (unpaired) electrons. The SMILES string of the molecule is Cc1c(N(CC(=O)NC(C)c2ccc(C(C)(C)C)cc2)S(C)(=O)=O)cccc1[N+](=O)[O-]. The Balaban J connectivity index is 2.23. The average Bonchev–Trinajstić information content (AvgIpc) is 2.65. The van der Waals surface area contributed by atoms with E-state index < -0.39 is 27.4 Å². The zero-order valence-corrected chi connectivity index (χ0v) is 19.5. The number of rotatable bonds is 7. The first kappa shape index (κ1) is 24.3. The summed E-state index contributed by atoms with van der Waals surface area (Å²) in [5.41, 5.74) is 2.14. The Labute approximate surface area is 183 Å². The molecule has 2 rings (SSSR count). The van der Waals surface area contributed by atoms with Crippen LogP contribution in [0.4, 0.5) is 11.4 Å². The van der Waals surface area contributed by atoms with E-state index in [1.807, 2.05) is 31.2 Å². The van der Waals surface area contributed by atoms with Crippen molar-refractivity contribution in [2.45, 2.75) is 46.1 Å². The normalized spacial score (nSPS) is 12.8. The van der Waals surface area contributed by atoms with Crippen molar-refractivity contribution in [3.05, 3.63) is 69.3 Å². The quantitative estimate of drug-likeness (QED) is 0.512. The Morgan fingerprint density at radius 3 is 2.23 bits per heavy atom. The third-order valence-corrected chi connectivity index (χ3v) is 6.21. The topological polar surface area (TPSA) is 110 Å². The maximum absolute atomic E-state index is 12.7. The summed E-state index contributed by atoms with van der Waals surface area (Å²) in [7, 11) is -3.85. The number of carbonyl (C=O) groups excluding carboxylic acids is 1. The van der Waals surface area contributed by atoms with Gasteiger partial charge in [-0.1, -0.05) is 51.1 Å². The monoisotopic (exact) mass is 447 g/mol. The smallest absolute Gasteiger partial charge is 0.274 e. The zero-order valence-electron chi connectivity index (χ0n) is 18.7. The molecule has 1 unspecified atom stereocenters. The van der Waals surface area contributed by atoms with Crippen molar-refractivity contribution in [2.24, 2.45) is 0 Å². The van der Waals surface area contributed by atoms with Gasteiger partial charge in [0.1, 0.15) is 6.54 Å². The molecule has 0 saturated carbocycles. The Morgan fingerprint density at radius 1 is 1.16 bits per heavy atom. The highest BCUT2D eigenvalue weighted by atomic mass is 32.2. The molecule has 0 aliphatic rings. The van der Waals surface area contributed by atoms with Crippen molar-refractivity contribution in [3.8, 4) is 0 Å². The van der Waals surface area contributed by atoms with Gasteiger partial charge < -0.3 is 5.32 Å². The van der Waals surface area contributed by atoms with E-state index in [2.05, 4.69) is 26.1 Å². The number of nitrogens with one attached hydrogen (secondary N) is 1. The second kappa shape index (κ2) is 9.05. The fraction of sp³-hybridized carbons (Fsp3) is 0.409. The Kier molecular flexibility index (Phi) is 7.10. The van der Waals surface area contributed by atoms with Gasteiger partial charge in [-0.05, 0) is 36.5 Å². The lowest BCUT2D eigenvalue weighted by Gasteiger charge is -2.25. The summed E-state index contributed by atoms with van der Waals surface area (Å²) < 4.78 is 25.6. The first-order valence-corrected chi connectivity index (χ1v) is 11.7. The van der Waals surface area contributed by atoms with E-state index in [9.17, 15) is 23.3 Å². The molecular weight excluding hydrogens is 418 g/mol. The summed E-state index contributed by atoms with van der Waals surface area (Å²) in [6.07, 6.45) is 0.965. The number of sulfonamides is 1. The second-order valence-electron chi connectivity index (χ2n) is 8.61. The molecule has 2 aromatic rings. The number of hydrogen-bond donors (Lipinski definition) is 1. The summed E-state index contributed by atoms with van der Waals surface area (Å²) in [5, 5.41) is 14.0. The molecule has 0 fully saturated rings. The number of nitro groups is 1. The van der Waals surface area contributed by atoms with Gasteiger partial charge >= 0.3 is 0 Å². The van der Waals surface area contributed by atoms with Gasteiger partial charge in [-0.2, -0.15) is 0 Å². The number of hydrogen-bond acceptors (Lipinski definition) is 5. The van der Waals surface area contributed by atoms with Gasteiger partial charge in [0.15, 0.2) is 0 Å². The Morgan fingerprint density at radius 2 is 1.74 bits per heavy atom. The molecule has 8 nitrogen and oxygen atoms in total. The van der Waals surface area contributed by atoms with Crippen LogP contribution in [0.15, 0.2) is 42.5 Å². The van der Waals surface area contributed by atoms with Crippen LogP contribution in [-0.4, -0.2) is 32.0 Å². The minimum Gasteiger partial charge on any atom is -0.348 e. The summed E-state index contributed by atoms with van der Waals surface area (Å²) in [5.74, 6) is -0.510. The zero-order chi connectivity index (χ0) is 23.6. The van der Waals surface area contributed by atoms with Gasteiger partial charge in [0.25, 0.3) is 5.69 Å². The molecule has 1 amide bonds. The lowest BCUT2D eigenvalue weighted by molar-refractivity contribution is -0.385. The van der Waals surface area contributed by atoms with Crippen LogP contribution in [0.2, 0.25) is 0 Å². The van der Waals surface area contributed by atoms with E-state index in [0.29, 0.717) is 0 Å². The number of anilines is 1. The minimum absolute atomic E-state index is 0.0111. The van der Waals surface area contributed by atoms with E-state index in [0.717, 1.165) is 16.1 Å². The average molecular weight is 448 g/mol. The number of amides is 1. The Hall–Kier alpha value is -2.94. The molecule has 2 aromatic carbocycles. The molecule has 0 saturated heterocycles. The van der Waals surface area contributed by atoms with Crippen molar-refractivity contribution >= 4 is 27.3 Å². The van der Waals surface area contributed by atoms with Gasteiger partial charge in [0, 0.05) is 6.07 Å². The highest BCUT2D eigenvalue weighted by molar-refractivity contribution is 7.92. The third kappa shape index (κ3) is 6.04. The van der Waals surface area contributed by atoms with Crippen molar-refractivity contribution in [1.82, 2.24) is 5.32 Å². The van der Waals surface area contributed by atoms with Crippen LogP contribution in [0.3, 0.4) is 0 Å². The summed E-state index contributed by atoms with van der Waals surface area (Å²) >= 11 is 0. The molecular formula is C22H29N3O5S. The van der Waals surface area contributed by atoms with Crippen LogP contribution >= 0.6 is 0 Å². The van der Waals surface area contributed by atoms with E-state index in [4.69, 9.17) is 0 Å². The van der Waals surface area contributed by atoms with Crippen molar-refractivity contribution in [3.63, 3.8) is 0 Å². The van der Waals surface area contributed by atoms with Crippen molar-refractivity contribution in [1.29, 1.82) is 0 Å². The first-order valence-electron chi connectivity index (χ1n) is 9.83. The summed E-state index contributed by atoms with van der Waals surface area (Å²) in [6, 6.07) is 11.7. The van der Waals surface area contributed by atoms with Gasteiger partial charge in [0.2, 0.25) is 15.9 Å². The maximum Gasteiger partial charge on any atom is 0.274 e. The molecule has 0 bridgehead atoms. The van der Waals surface area contributed by atoms with E-state index >= 15 is 0 Å². The highest BCUT2D eigenvalue weighted by Gasteiger charge is 2.26. The molecule has 9 heteroatoms. The van der Waals surface area contributed by atoms with Crippen LogP contribution in [0, 0.1) is 17.0 Å². The minimum atomic E-state index is -3.85. The summed E-state index contributed by atoms with van der Waals surface area (Å²) in [6.45, 7) is 9.14. The van der Waals surface area contributed by atoms with Crippen LogP contribution in [0.1, 0.15) is 50.4 Å². The van der Waals surface area contributed by atoms with Crippen LogP contribution in [-0.2, 0) is 20.2 Å². The van der Waals surface area contributed by atoms with Gasteiger partial charge in [-0.25, -0.2) is 8.42 Å². The lowest BCUT2D eigenvalue weighted by Crippen LogP contribution is -2.41. The molecule has 31 heavy (non-hydrogen) atoms. The van der Waals surface area contributed by atoms with E-state index in [1.54, 1.807) is 0 Å². The molecule has 0 heterocycles. The number of benzene rings is 2. The molecule has 1 N–H and O–H groups in total. The van der Waals surface area contributed by atoms with E-state index in [-0.39, 0.29) is 28.4 Å². The van der Waals surface area contributed by atoms with Gasteiger partial charge in [0.05, 0.1) is 28.5 Å². The molecule has 168 valence electrons. The van der Waals surface area contributed by atoms with Crippen molar-refractivity contribution in [2.75, 3.05) is 17.1 Å². The molecule has 0 spiro atoms. The van der Waals surface area contributed by atoms with Gasteiger partial charge in [-0.15, -0.1) is 0 Å². The number of nitro benzene ring substituents is 1. The fourth-order valence-corrected chi connectivity index (χ4v) is 4.14. The molecule has 1 atom stereocenters. The predicted octanol–water partition coefficient (Wildman–Crippen LogP) is 3.84. The summed E-state index contributed by atoms with van der Waals surface area (Å²) in [4.78, 5) is 23.3. The molecule has 0 aliphatic carbocycles. The maximum atomic E-state index is 12.7. The van der Waals surface area contributed by atoms with E-state index in [1.165, 1.54) is 30.7 Å². The second-order valence-corrected chi connectivity index (χ2v) is 10.5. The number of carbonyl (C=O) groups is 1. The molecule has 0 aliphatic heterocycles. The third-order valence-electron chi connectivity index (χ3n) is 5.08. The van der Waals surface area contributed by atoms with Crippen LogP contribution in [0.5, 0.6) is 0 Å².